The molecule has 0 aromatic heterocycles. The highest BCUT2D eigenvalue weighted by Gasteiger charge is 2.48. The zero-order chi connectivity index (χ0) is 17.7. The van der Waals surface area contributed by atoms with E-state index in [1.807, 2.05) is 24.3 Å². The number of carbonyl (C=O) groups excluding carboxylic acids is 2. The molecule has 1 saturated carbocycles. The number of hydrogen-bond donors (Lipinski definition) is 0. The van der Waals surface area contributed by atoms with E-state index in [0.29, 0.717) is 17.5 Å². The Morgan fingerprint density at radius 1 is 1.08 bits per heavy atom. The summed E-state index contributed by atoms with van der Waals surface area (Å²) in [6, 6.07) is 8.30. The summed E-state index contributed by atoms with van der Waals surface area (Å²) in [4.78, 5) is 29.9. The predicted molar refractivity (Wildman–Crippen MR) is 96.7 cm³/mol. The molecule has 1 spiro atoms. The zero-order valence-electron chi connectivity index (χ0n) is 15.2. The first-order valence-corrected chi connectivity index (χ1v) is 10.0. The third-order valence-electron chi connectivity index (χ3n) is 6.97. The number of carbonyl (C=O) groups is 2. The minimum atomic E-state index is -0.491. The summed E-state index contributed by atoms with van der Waals surface area (Å²) in [7, 11) is 0. The summed E-state index contributed by atoms with van der Waals surface area (Å²) in [5.74, 6) is 0.201. The first-order valence-electron chi connectivity index (χ1n) is 10.0. The molecule has 1 amide bonds. The van der Waals surface area contributed by atoms with Crippen LogP contribution in [-0.2, 0) is 15.1 Å². The molecule has 1 atom stereocenters. The van der Waals surface area contributed by atoms with E-state index in [2.05, 4.69) is 9.80 Å². The number of amides is 1. The van der Waals surface area contributed by atoms with Crippen LogP contribution in [0.3, 0.4) is 0 Å². The Morgan fingerprint density at radius 2 is 1.88 bits per heavy atom. The fourth-order valence-electron chi connectivity index (χ4n) is 5.50. The van der Waals surface area contributed by atoms with E-state index in [1.54, 1.807) is 0 Å². The van der Waals surface area contributed by atoms with Crippen molar-refractivity contribution in [2.75, 3.05) is 26.2 Å². The molecule has 0 unspecified atom stereocenters. The Labute approximate surface area is 154 Å². The van der Waals surface area contributed by atoms with Crippen molar-refractivity contribution in [1.29, 1.82) is 0 Å². The molecular weight excluding hydrogens is 328 g/mol. The molecule has 0 N–H and O–H groups in total. The molecule has 5 nitrogen and oxygen atoms in total. The molecule has 2 saturated heterocycles. The van der Waals surface area contributed by atoms with Crippen molar-refractivity contribution < 1.29 is 14.3 Å². The zero-order valence-corrected chi connectivity index (χ0v) is 15.2. The standard InChI is InChI=1S/C21H26N2O3/c24-19(23-13-12-22-11-3-4-16(22)14-23)15-7-9-21(10-8-15)18-6-2-1-5-17(18)20(25)26-21/h1-2,5-6,15-16H,3-4,7-14H2/t15?,16-,21?/m1/s1. The minimum absolute atomic E-state index is 0.0834. The topological polar surface area (TPSA) is 49.9 Å². The van der Waals surface area contributed by atoms with E-state index in [-0.39, 0.29) is 11.9 Å². The van der Waals surface area contributed by atoms with Gasteiger partial charge in [0, 0.05) is 37.2 Å². The molecule has 3 fully saturated rings. The van der Waals surface area contributed by atoms with Crippen LogP contribution in [0.25, 0.3) is 0 Å². The molecule has 5 rings (SSSR count). The minimum Gasteiger partial charge on any atom is -0.451 e. The molecule has 26 heavy (non-hydrogen) atoms. The summed E-state index contributed by atoms with van der Waals surface area (Å²) in [5.41, 5.74) is 1.24. The number of nitrogens with zero attached hydrogens (tertiary/aromatic N) is 2. The molecule has 138 valence electrons. The molecule has 1 aromatic rings. The number of piperazine rings is 1. The second kappa shape index (κ2) is 6.08. The van der Waals surface area contributed by atoms with E-state index in [9.17, 15) is 9.59 Å². The number of esters is 1. The number of fused-ring (bicyclic) bond motifs is 3. The second-order valence-corrected chi connectivity index (χ2v) is 8.32. The molecule has 5 heteroatoms. The highest BCUT2D eigenvalue weighted by Crippen LogP contribution is 2.48. The van der Waals surface area contributed by atoms with E-state index >= 15 is 0 Å². The van der Waals surface area contributed by atoms with Crippen molar-refractivity contribution in [3.8, 4) is 0 Å². The van der Waals surface area contributed by atoms with Crippen LogP contribution in [-0.4, -0.2) is 53.9 Å². The van der Waals surface area contributed by atoms with Gasteiger partial charge in [0.2, 0.25) is 5.91 Å². The van der Waals surface area contributed by atoms with Gasteiger partial charge in [0.05, 0.1) is 5.56 Å². The lowest BCUT2D eigenvalue weighted by molar-refractivity contribution is -0.141. The monoisotopic (exact) mass is 354 g/mol. The van der Waals surface area contributed by atoms with Crippen LogP contribution in [0.5, 0.6) is 0 Å². The summed E-state index contributed by atoms with van der Waals surface area (Å²) in [6.07, 6.45) is 5.63. The van der Waals surface area contributed by atoms with Crippen LogP contribution in [0.15, 0.2) is 24.3 Å². The molecule has 1 aromatic carbocycles. The largest absolute Gasteiger partial charge is 0.451 e. The van der Waals surface area contributed by atoms with Crippen molar-refractivity contribution in [2.24, 2.45) is 5.92 Å². The van der Waals surface area contributed by atoms with Crippen LogP contribution in [0.4, 0.5) is 0 Å². The summed E-state index contributed by atoms with van der Waals surface area (Å²) in [6.45, 7) is 3.99. The van der Waals surface area contributed by atoms with Gasteiger partial charge in [0.1, 0.15) is 5.60 Å². The number of hydrogen-bond acceptors (Lipinski definition) is 4. The van der Waals surface area contributed by atoms with Gasteiger partial charge in [-0.15, -0.1) is 0 Å². The van der Waals surface area contributed by atoms with Crippen LogP contribution >= 0.6 is 0 Å². The second-order valence-electron chi connectivity index (χ2n) is 8.32. The average molecular weight is 354 g/mol. The van der Waals surface area contributed by atoms with Gasteiger partial charge >= 0.3 is 5.97 Å². The fraction of sp³-hybridized carbons (Fsp3) is 0.619. The quantitative estimate of drug-likeness (QED) is 0.728. The Kier molecular flexibility index (Phi) is 3.82. The van der Waals surface area contributed by atoms with Crippen molar-refractivity contribution >= 4 is 11.9 Å². The Morgan fingerprint density at radius 3 is 2.73 bits per heavy atom. The van der Waals surface area contributed by atoms with E-state index in [4.69, 9.17) is 4.74 Å². The molecule has 0 bridgehead atoms. The van der Waals surface area contributed by atoms with Gasteiger partial charge < -0.3 is 9.64 Å². The van der Waals surface area contributed by atoms with Crippen molar-refractivity contribution in [2.45, 2.75) is 50.2 Å². The molecule has 3 heterocycles. The van der Waals surface area contributed by atoms with Gasteiger partial charge in [-0.25, -0.2) is 4.79 Å². The highest BCUT2D eigenvalue weighted by atomic mass is 16.6. The first-order chi connectivity index (χ1) is 12.7. The Balaban J connectivity index is 1.26. The van der Waals surface area contributed by atoms with E-state index < -0.39 is 5.60 Å². The lowest BCUT2D eigenvalue weighted by Gasteiger charge is -2.41. The van der Waals surface area contributed by atoms with Gasteiger partial charge in [0.15, 0.2) is 0 Å². The third kappa shape index (κ3) is 2.48. The first kappa shape index (κ1) is 16.3. The van der Waals surface area contributed by atoms with Crippen molar-refractivity contribution in [1.82, 2.24) is 9.80 Å². The Bertz CT molecular complexity index is 739. The summed E-state index contributed by atoms with van der Waals surface area (Å²) in [5, 5.41) is 0. The van der Waals surface area contributed by atoms with Gasteiger partial charge in [-0.3, -0.25) is 9.69 Å². The maximum Gasteiger partial charge on any atom is 0.339 e. The van der Waals surface area contributed by atoms with E-state index in [0.717, 1.165) is 50.9 Å². The van der Waals surface area contributed by atoms with Gasteiger partial charge in [-0.1, -0.05) is 18.2 Å². The van der Waals surface area contributed by atoms with Crippen LogP contribution in [0, 0.1) is 5.92 Å². The number of ether oxygens (including phenoxy) is 1. The average Bonchev–Trinajstić information content (AvgIpc) is 3.25. The van der Waals surface area contributed by atoms with Crippen molar-refractivity contribution in [3.05, 3.63) is 35.4 Å². The third-order valence-corrected chi connectivity index (χ3v) is 6.97. The molecular formula is C21H26N2O3. The van der Waals surface area contributed by atoms with Crippen LogP contribution in [0.1, 0.15) is 54.4 Å². The van der Waals surface area contributed by atoms with Gasteiger partial charge in [-0.05, 0) is 51.1 Å². The SMILES string of the molecule is O=C1OC2(CCC(C(=O)N3CCN4CCC[C@@H]4C3)CC2)c2ccccc21. The van der Waals surface area contributed by atoms with Crippen molar-refractivity contribution in [3.63, 3.8) is 0 Å². The smallest absolute Gasteiger partial charge is 0.339 e. The number of benzene rings is 1. The normalized spacial score (nSPS) is 33.8. The number of rotatable bonds is 1. The molecule has 1 aliphatic carbocycles. The summed E-state index contributed by atoms with van der Waals surface area (Å²) < 4.78 is 5.82. The molecule has 4 aliphatic rings. The van der Waals surface area contributed by atoms with Gasteiger partial charge in [0.25, 0.3) is 0 Å². The molecule has 0 radical (unpaired) electrons. The fourth-order valence-corrected chi connectivity index (χ4v) is 5.50. The molecule has 3 aliphatic heterocycles. The predicted octanol–water partition coefficient (Wildman–Crippen LogP) is 2.55. The Hall–Kier alpha value is -1.88. The lowest BCUT2D eigenvalue weighted by Crippen LogP contribution is -2.53. The van der Waals surface area contributed by atoms with Crippen LogP contribution in [0.2, 0.25) is 0 Å². The maximum absolute atomic E-state index is 13.1. The maximum atomic E-state index is 13.1. The lowest BCUT2D eigenvalue weighted by atomic mass is 9.74. The van der Waals surface area contributed by atoms with E-state index in [1.165, 1.54) is 19.4 Å². The summed E-state index contributed by atoms with van der Waals surface area (Å²) >= 11 is 0. The van der Waals surface area contributed by atoms with Crippen LogP contribution < -0.4 is 0 Å². The highest BCUT2D eigenvalue weighted by molar-refractivity contribution is 5.94. The van der Waals surface area contributed by atoms with Gasteiger partial charge in [-0.2, -0.15) is 0 Å².